The molecule has 3 aromatic carbocycles. The largest absolute Gasteiger partial charge is 0.482 e. The number of amides is 1. The lowest BCUT2D eigenvalue weighted by molar-refractivity contribution is -0.118. The Bertz CT molecular complexity index is 1510. The smallest absolute Gasteiger partial charge is 0.337 e. The Morgan fingerprint density at radius 1 is 0.923 bits per heavy atom. The van der Waals surface area contributed by atoms with Crippen LogP contribution in [-0.2, 0) is 37.3 Å². The van der Waals surface area contributed by atoms with Crippen molar-refractivity contribution >= 4 is 45.2 Å². The minimum absolute atomic E-state index is 0.0126. The number of methoxy groups -OCH3 is 2. The molecular formula is C27H25ClN2O8S. The van der Waals surface area contributed by atoms with Gasteiger partial charge in [-0.25, -0.2) is 18.0 Å². The first-order valence-electron chi connectivity index (χ1n) is 11.7. The Morgan fingerprint density at radius 2 is 1.56 bits per heavy atom. The van der Waals surface area contributed by atoms with Crippen LogP contribution in [0.15, 0.2) is 65.6 Å². The third-order valence-corrected chi connectivity index (χ3v) is 8.19. The van der Waals surface area contributed by atoms with Crippen LogP contribution in [0, 0.1) is 0 Å². The number of anilines is 1. The SMILES string of the molecule is COC(=O)c1cc(NC(=O)COc2ccc(S(=O)(=O)N3CCc4ccccc4C3)cc2Cl)cc(C(=O)OC)c1. The van der Waals surface area contributed by atoms with Crippen LogP contribution in [0.1, 0.15) is 31.8 Å². The minimum atomic E-state index is -3.80. The molecule has 0 fully saturated rings. The Morgan fingerprint density at radius 3 is 2.18 bits per heavy atom. The lowest BCUT2D eigenvalue weighted by Crippen LogP contribution is -2.35. The summed E-state index contributed by atoms with van der Waals surface area (Å²) in [4.78, 5) is 36.4. The molecule has 1 aliphatic rings. The number of fused-ring (bicyclic) bond motifs is 1. The van der Waals surface area contributed by atoms with E-state index in [1.807, 2.05) is 24.3 Å². The average Bonchev–Trinajstić information content (AvgIpc) is 2.95. The fourth-order valence-corrected chi connectivity index (χ4v) is 5.84. The molecule has 1 aliphatic heterocycles. The zero-order valence-electron chi connectivity index (χ0n) is 21.1. The van der Waals surface area contributed by atoms with Gasteiger partial charge in [-0.15, -0.1) is 0 Å². The molecule has 0 saturated carbocycles. The number of ether oxygens (including phenoxy) is 3. The summed E-state index contributed by atoms with van der Waals surface area (Å²) >= 11 is 6.30. The van der Waals surface area contributed by atoms with Crippen LogP contribution in [0.25, 0.3) is 0 Å². The molecule has 3 aromatic rings. The van der Waals surface area contributed by atoms with Gasteiger partial charge in [0.2, 0.25) is 10.0 Å². The highest BCUT2D eigenvalue weighted by molar-refractivity contribution is 7.89. The van der Waals surface area contributed by atoms with E-state index in [-0.39, 0.29) is 39.0 Å². The predicted molar refractivity (Wildman–Crippen MR) is 142 cm³/mol. The second-order valence-electron chi connectivity index (χ2n) is 8.57. The summed E-state index contributed by atoms with van der Waals surface area (Å²) in [5.74, 6) is -1.92. The molecule has 1 amide bonds. The fraction of sp³-hybridized carbons (Fsp3) is 0.222. The Kier molecular flexibility index (Phi) is 8.54. The van der Waals surface area contributed by atoms with Crippen molar-refractivity contribution in [2.24, 2.45) is 0 Å². The van der Waals surface area contributed by atoms with Crippen molar-refractivity contribution in [3.8, 4) is 5.75 Å². The molecule has 0 saturated heterocycles. The number of nitrogens with zero attached hydrogens (tertiary/aromatic N) is 1. The van der Waals surface area contributed by atoms with Crippen molar-refractivity contribution in [2.75, 3.05) is 32.7 Å². The van der Waals surface area contributed by atoms with Gasteiger partial charge >= 0.3 is 11.9 Å². The van der Waals surface area contributed by atoms with Crippen LogP contribution >= 0.6 is 11.6 Å². The van der Waals surface area contributed by atoms with E-state index in [9.17, 15) is 22.8 Å². The highest BCUT2D eigenvalue weighted by Crippen LogP contribution is 2.31. The summed E-state index contributed by atoms with van der Waals surface area (Å²) in [5, 5.41) is 2.55. The highest BCUT2D eigenvalue weighted by Gasteiger charge is 2.29. The van der Waals surface area contributed by atoms with Crippen molar-refractivity contribution in [1.82, 2.24) is 4.31 Å². The van der Waals surface area contributed by atoms with Crippen molar-refractivity contribution in [1.29, 1.82) is 0 Å². The van der Waals surface area contributed by atoms with Gasteiger partial charge < -0.3 is 19.5 Å². The quantitative estimate of drug-likeness (QED) is 0.405. The highest BCUT2D eigenvalue weighted by atomic mass is 35.5. The van der Waals surface area contributed by atoms with E-state index in [0.29, 0.717) is 13.0 Å². The number of halogens is 1. The molecule has 0 aromatic heterocycles. The molecule has 0 radical (unpaired) electrons. The predicted octanol–water partition coefficient (Wildman–Crippen LogP) is 3.68. The summed E-state index contributed by atoms with van der Waals surface area (Å²) in [6.45, 7) is 0.137. The van der Waals surface area contributed by atoms with Crippen molar-refractivity contribution in [2.45, 2.75) is 17.9 Å². The summed E-state index contributed by atoms with van der Waals surface area (Å²) < 4.78 is 42.7. The molecule has 204 valence electrons. The second kappa shape index (κ2) is 11.9. The number of nitrogens with one attached hydrogen (secondary N) is 1. The first-order valence-corrected chi connectivity index (χ1v) is 13.5. The number of hydrogen-bond donors (Lipinski definition) is 1. The first kappa shape index (κ1) is 28.1. The zero-order valence-corrected chi connectivity index (χ0v) is 22.7. The van der Waals surface area contributed by atoms with Gasteiger partial charge in [0.1, 0.15) is 5.75 Å². The van der Waals surface area contributed by atoms with Gasteiger partial charge in [0.15, 0.2) is 6.61 Å². The molecule has 0 bridgehead atoms. The van der Waals surface area contributed by atoms with E-state index in [1.54, 1.807) is 0 Å². The Hall–Kier alpha value is -3.93. The summed E-state index contributed by atoms with van der Waals surface area (Å²) in [5.41, 5.74) is 2.30. The summed E-state index contributed by atoms with van der Waals surface area (Å²) in [7, 11) is -1.43. The minimum Gasteiger partial charge on any atom is -0.482 e. The molecule has 4 rings (SSSR count). The lowest BCUT2D eigenvalue weighted by Gasteiger charge is -2.28. The third kappa shape index (κ3) is 6.39. The summed E-state index contributed by atoms with van der Waals surface area (Å²) in [6.07, 6.45) is 0.614. The van der Waals surface area contributed by atoms with E-state index in [4.69, 9.17) is 16.3 Å². The number of sulfonamides is 1. The van der Waals surface area contributed by atoms with Crippen molar-refractivity contribution in [3.63, 3.8) is 0 Å². The van der Waals surface area contributed by atoms with Crippen LogP contribution in [0.2, 0.25) is 5.02 Å². The maximum absolute atomic E-state index is 13.2. The number of carbonyl (C=O) groups is 3. The van der Waals surface area contributed by atoms with Crippen LogP contribution < -0.4 is 10.1 Å². The van der Waals surface area contributed by atoms with Gasteiger partial charge in [0.25, 0.3) is 5.91 Å². The van der Waals surface area contributed by atoms with Crippen LogP contribution in [0.5, 0.6) is 5.75 Å². The monoisotopic (exact) mass is 572 g/mol. The standard InChI is InChI=1S/C27H25ClN2O8S/c1-36-26(32)19-11-20(27(33)37-2)13-21(12-19)29-25(31)16-38-24-8-7-22(14-23(24)28)39(34,35)30-10-9-17-5-3-4-6-18(17)15-30/h3-8,11-14H,9-10,15-16H2,1-2H3,(H,29,31). The van der Waals surface area contributed by atoms with E-state index in [2.05, 4.69) is 14.8 Å². The van der Waals surface area contributed by atoms with Gasteiger partial charge in [0.05, 0.1) is 35.3 Å². The van der Waals surface area contributed by atoms with Gasteiger partial charge in [-0.2, -0.15) is 4.31 Å². The third-order valence-electron chi connectivity index (χ3n) is 6.05. The molecule has 10 nitrogen and oxygen atoms in total. The van der Waals surface area contributed by atoms with Crippen LogP contribution in [0.4, 0.5) is 5.69 Å². The molecule has 1 N–H and O–H groups in total. The average molecular weight is 573 g/mol. The topological polar surface area (TPSA) is 128 Å². The molecule has 12 heteroatoms. The number of hydrogen-bond acceptors (Lipinski definition) is 8. The van der Waals surface area contributed by atoms with Crippen LogP contribution in [0.3, 0.4) is 0 Å². The fourth-order valence-electron chi connectivity index (χ4n) is 4.09. The van der Waals surface area contributed by atoms with E-state index in [0.717, 1.165) is 11.1 Å². The van der Waals surface area contributed by atoms with Gasteiger partial charge in [-0.1, -0.05) is 35.9 Å². The molecule has 0 aliphatic carbocycles. The van der Waals surface area contributed by atoms with Gasteiger partial charge in [-0.05, 0) is 53.9 Å². The molecule has 39 heavy (non-hydrogen) atoms. The zero-order chi connectivity index (χ0) is 28.2. The summed E-state index contributed by atoms with van der Waals surface area (Å²) in [6, 6.07) is 15.7. The van der Waals surface area contributed by atoms with E-state index >= 15 is 0 Å². The molecule has 0 unspecified atom stereocenters. The maximum atomic E-state index is 13.2. The van der Waals surface area contributed by atoms with Crippen LogP contribution in [-0.4, -0.2) is 57.9 Å². The first-order chi connectivity index (χ1) is 18.6. The van der Waals surface area contributed by atoms with Crippen molar-refractivity contribution < 1.29 is 37.0 Å². The Balaban J connectivity index is 1.43. The van der Waals surface area contributed by atoms with Crippen molar-refractivity contribution in [3.05, 3.63) is 87.9 Å². The Labute approximate surface area is 230 Å². The number of esters is 2. The normalized spacial score (nSPS) is 13.2. The molecule has 1 heterocycles. The number of rotatable bonds is 8. The van der Waals surface area contributed by atoms with E-state index < -0.39 is 34.5 Å². The van der Waals surface area contributed by atoms with Gasteiger partial charge in [0, 0.05) is 18.8 Å². The van der Waals surface area contributed by atoms with E-state index in [1.165, 1.54) is 54.9 Å². The molecular weight excluding hydrogens is 548 g/mol. The van der Waals surface area contributed by atoms with Gasteiger partial charge in [-0.3, -0.25) is 4.79 Å². The lowest BCUT2D eigenvalue weighted by atomic mass is 10.0. The molecule has 0 spiro atoms. The number of benzene rings is 3. The number of carbonyl (C=O) groups excluding carboxylic acids is 3. The maximum Gasteiger partial charge on any atom is 0.337 e. The molecule has 0 atom stereocenters. The second-order valence-corrected chi connectivity index (χ2v) is 10.9.